The van der Waals surface area contributed by atoms with Gasteiger partial charge in [0.15, 0.2) is 11.6 Å². The molecule has 0 saturated carbocycles. The number of nitrogens with two attached hydrogens (primary N) is 1. The Morgan fingerprint density at radius 1 is 1.41 bits per heavy atom. The molecular formula is C15H18N6O. The van der Waals surface area contributed by atoms with Gasteiger partial charge in [0.2, 0.25) is 0 Å². The van der Waals surface area contributed by atoms with Crippen LogP contribution < -0.4 is 10.6 Å². The van der Waals surface area contributed by atoms with Gasteiger partial charge in [-0.3, -0.25) is 0 Å². The number of morpholine rings is 1. The molecular weight excluding hydrogens is 280 g/mol. The monoisotopic (exact) mass is 298 g/mol. The summed E-state index contributed by atoms with van der Waals surface area (Å²) in [6.45, 7) is 7.82. The first-order valence-corrected chi connectivity index (χ1v) is 7.09. The van der Waals surface area contributed by atoms with Crippen molar-refractivity contribution in [2.45, 2.75) is 13.0 Å². The van der Waals surface area contributed by atoms with Crippen LogP contribution in [0.1, 0.15) is 6.92 Å². The van der Waals surface area contributed by atoms with E-state index in [0.717, 1.165) is 17.9 Å². The Morgan fingerprint density at radius 2 is 2.27 bits per heavy atom. The summed E-state index contributed by atoms with van der Waals surface area (Å²) in [5, 5.41) is 0. The maximum absolute atomic E-state index is 5.62. The third kappa shape index (κ3) is 2.89. The van der Waals surface area contributed by atoms with Gasteiger partial charge in [-0.15, -0.1) is 0 Å². The van der Waals surface area contributed by atoms with Gasteiger partial charge in [0.1, 0.15) is 11.6 Å². The van der Waals surface area contributed by atoms with Gasteiger partial charge < -0.3 is 15.4 Å². The van der Waals surface area contributed by atoms with Crippen LogP contribution in [0, 0.1) is 0 Å². The van der Waals surface area contributed by atoms with Gasteiger partial charge in [0.05, 0.1) is 19.3 Å². The number of rotatable bonds is 3. The molecule has 2 aromatic rings. The summed E-state index contributed by atoms with van der Waals surface area (Å²) in [6.07, 6.45) is 1.66. The summed E-state index contributed by atoms with van der Waals surface area (Å²) in [7, 11) is 0. The summed E-state index contributed by atoms with van der Waals surface area (Å²) in [5.41, 5.74) is 6.42. The van der Waals surface area contributed by atoms with E-state index in [9.17, 15) is 0 Å². The normalized spacial score (nSPS) is 18.2. The number of aliphatic imine (C=N–C) groups is 1. The maximum atomic E-state index is 5.62. The lowest BCUT2D eigenvalue weighted by Gasteiger charge is -2.34. The molecule has 0 aliphatic carbocycles. The molecule has 1 saturated heterocycles. The van der Waals surface area contributed by atoms with Crippen LogP contribution in [0.5, 0.6) is 0 Å². The van der Waals surface area contributed by atoms with Gasteiger partial charge in [-0.05, 0) is 25.8 Å². The third-order valence-corrected chi connectivity index (χ3v) is 3.57. The molecule has 1 fully saturated rings. The number of hydrogen-bond acceptors (Lipinski definition) is 7. The molecule has 22 heavy (non-hydrogen) atoms. The van der Waals surface area contributed by atoms with E-state index in [1.54, 1.807) is 12.3 Å². The number of hydrogen-bond donors (Lipinski definition) is 1. The Balaban J connectivity index is 2.02. The fraction of sp³-hybridized carbons (Fsp3) is 0.333. The second kappa shape index (κ2) is 6.07. The lowest BCUT2D eigenvalue weighted by atomic mass is 10.2. The highest BCUT2D eigenvalue weighted by atomic mass is 16.5. The topological polar surface area (TPSA) is 89.5 Å². The van der Waals surface area contributed by atoms with Crippen molar-refractivity contribution in [3.8, 4) is 11.4 Å². The summed E-state index contributed by atoms with van der Waals surface area (Å²) in [6, 6.07) is 5.66. The van der Waals surface area contributed by atoms with E-state index in [2.05, 4.69) is 38.5 Å². The van der Waals surface area contributed by atoms with E-state index < -0.39 is 0 Å². The van der Waals surface area contributed by atoms with Gasteiger partial charge >= 0.3 is 0 Å². The molecule has 2 aromatic heterocycles. The first kappa shape index (κ1) is 14.4. The Bertz CT molecular complexity index is 672. The average Bonchev–Trinajstić information content (AvgIpc) is 2.55. The summed E-state index contributed by atoms with van der Waals surface area (Å²) < 4.78 is 5.47. The first-order chi connectivity index (χ1) is 10.7. The van der Waals surface area contributed by atoms with Crippen LogP contribution in [0.4, 0.5) is 17.5 Å². The molecule has 0 aromatic carbocycles. The minimum absolute atomic E-state index is 0.249. The van der Waals surface area contributed by atoms with E-state index in [1.807, 2.05) is 12.1 Å². The minimum Gasteiger partial charge on any atom is -0.384 e. The van der Waals surface area contributed by atoms with Crippen LogP contribution in [0.3, 0.4) is 0 Å². The minimum atomic E-state index is 0.249. The fourth-order valence-corrected chi connectivity index (χ4v) is 2.38. The maximum Gasteiger partial charge on any atom is 0.165 e. The number of ether oxygens (including phenoxy) is 1. The van der Waals surface area contributed by atoms with E-state index in [4.69, 9.17) is 10.5 Å². The van der Waals surface area contributed by atoms with Crippen molar-refractivity contribution in [2.24, 2.45) is 4.99 Å². The Morgan fingerprint density at radius 3 is 2.95 bits per heavy atom. The molecule has 0 radical (unpaired) electrons. The number of nitrogens with zero attached hydrogens (tertiary/aromatic N) is 5. The molecule has 0 bridgehead atoms. The third-order valence-electron chi connectivity index (χ3n) is 3.57. The van der Waals surface area contributed by atoms with E-state index in [-0.39, 0.29) is 6.04 Å². The summed E-state index contributed by atoms with van der Waals surface area (Å²) >= 11 is 0. The predicted octanol–water partition coefficient (Wildman–Crippen LogP) is 1.68. The number of anilines is 2. The van der Waals surface area contributed by atoms with Gasteiger partial charge in [-0.2, -0.15) is 0 Å². The molecule has 1 atom stereocenters. The lowest BCUT2D eigenvalue weighted by Crippen LogP contribution is -2.44. The van der Waals surface area contributed by atoms with Gasteiger partial charge in [0, 0.05) is 24.4 Å². The van der Waals surface area contributed by atoms with Gasteiger partial charge in [-0.25, -0.2) is 19.9 Å². The Labute approximate surface area is 128 Å². The van der Waals surface area contributed by atoms with Crippen LogP contribution in [-0.4, -0.2) is 47.5 Å². The lowest BCUT2D eigenvalue weighted by molar-refractivity contribution is 0.0985. The molecule has 0 unspecified atom stereocenters. The largest absolute Gasteiger partial charge is 0.384 e. The van der Waals surface area contributed by atoms with Crippen LogP contribution in [0.2, 0.25) is 0 Å². The van der Waals surface area contributed by atoms with Gasteiger partial charge in [0.25, 0.3) is 0 Å². The molecule has 0 spiro atoms. The van der Waals surface area contributed by atoms with Crippen molar-refractivity contribution >= 4 is 24.2 Å². The molecule has 7 nitrogen and oxygen atoms in total. The second-order valence-electron chi connectivity index (χ2n) is 5.16. The molecule has 7 heteroatoms. The summed E-state index contributed by atoms with van der Waals surface area (Å²) in [5.74, 6) is 2.38. The van der Waals surface area contributed by atoms with Crippen molar-refractivity contribution in [2.75, 3.05) is 30.4 Å². The van der Waals surface area contributed by atoms with Crippen molar-refractivity contribution in [3.63, 3.8) is 0 Å². The molecule has 1 aliphatic rings. The highest BCUT2D eigenvalue weighted by Crippen LogP contribution is 2.25. The van der Waals surface area contributed by atoms with E-state index in [1.165, 1.54) is 0 Å². The van der Waals surface area contributed by atoms with Crippen LogP contribution in [0.25, 0.3) is 11.4 Å². The highest BCUT2D eigenvalue weighted by molar-refractivity contribution is 5.62. The van der Waals surface area contributed by atoms with Crippen LogP contribution in [0.15, 0.2) is 29.4 Å². The molecule has 3 heterocycles. The highest BCUT2D eigenvalue weighted by Gasteiger charge is 2.21. The SMILES string of the molecule is C=Nc1cc(N2CCOC[C@H]2C)nc(-c2ccc(N)nc2)n1. The second-order valence-corrected chi connectivity index (χ2v) is 5.16. The first-order valence-electron chi connectivity index (χ1n) is 7.09. The van der Waals surface area contributed by atoms with E-state index in [0.29, 0.717) is 30.7 Å². The van der Waals surface area contributed by atoms with Crippen molar-refractivity contribution < 1.29 is 4.74 Å². The zero-order valence-electron chi connectivity index (χ0n) is 12.4. The number of pyridine rings is 1. The van der Waals surface area contributed by atoms with Crippen LogP contribution >= 0.6 is 0 Å². The zero-order valence-corrected chi connectivity index (χ0v) is 12.4. The Hall–Kier alpha value is -2.54. The molecule has 114 valence electrons. The van der Waals surface area contributed by atoms with Crippen LogP contribution in [-0.2, 0) is 4.74 Å². The molecule has 3 rings (SSSR count). The smallest absolute Gasteiger partial charge is 0.165 e. The quantitative estimate of drug-likeness (QED) is 0.867. The number of aromatic nitrogens is 3. The average molecular weight is 298 g/mol. The Kier molecular flexibility index (Phi) is 3.97. The molecule has 0 amide bonds. The predicted molar refractivity (Wildman–Crippen MR) is 86.5 cm³/mol. The van der Waals surface area contributed by atoms with E-state index >= 15 is 0 Å². The fourth-order valence-electron chi connectivity index (χ4n) is 2.38. The van der Waals surface area contributed by atoms with Gasteiger partial charge in [-0.1, -0.05) is 0 Å². The molecule has 1 aliphatic heterocycles. The standard InChI is InChI=1S/C15H18N6O/c1-10-9-22-6-5-21(10)14-7-13(17-2)19-15(20-14)11-3-4-12(16)18-8-11/h3-4,7-8,10H,2,5-6,9H2,1H3,(H2,16,18)/t10-/m1/s1. The summed E-state index contributed by atoms with van der Waals surface area (Å²) in [4.78, 5) is 19.3. The zero-order chi connectivity index (χ0) is 15.5. The van der Waals surface area contributed by atoms with Crippen molar-refractivity contribution in [1.29, 1.82) is 0 Å². The molecule has 2 N–H and O–H groups in total. The van der Waals surface area contributed by atoms with Crippen molar-refractivity contribution in [1.82, 2.24) is 15.0 Å². The number of nitrogen functional groups attached to an aromatic ring is 1. The van der Waals surface area contributed by atoms with Crippen molar-refractivity contribution in [3.05, 3.63) is 24.4 Å².